The van der Waals surface area contributed by atoms with Gasteiger partial charge in [0.25, 0.3) is 0 Å². The molecule has 0 aromatic carbocycles. The predicted octanol–water partition coefficient (Wildman–Crippen LogP) is 0.592. The molecule has 0 spiro atoms. The molecular formula is C15H31BrMgO3. The van der Waals surface area contributed by atoms with Crippen molar-refractivity contribution in [2.24, 2.45) is 0 Å². The second-order valence-corrected chi connectivity index (χ2v) is 4.61. The number of methoxy groups -OCH3 is 1. The Hall–Kier alpha value is 1.13. The summed E-state index contributed by atoms with van der Waals surface area (Å²) in [5.74, 6) is 0. The van der Waals surface area contributed by atoms with Crippen molar-refractivity contribution in [3.05, 3.63) is 6.92 Å². The van der Waals surface area contributed by atoms with E-state index in [0.29, 0.717) is 20.0 Å². The van der Waals surface area contributed by atoms with E-state index >= 15 is 0 Å². The molecule has 0 fully saturated rings. The van der Waals surface area contributed by atoms with Crippen LogP contribution in [0.15, 0.2) is 0 Å². The summed E-state index contributed by atoms with van der Waals surface area (Å²) in [6, 6.07) is 0. The molecule has 0 atom stereocenters. The van der Waals surface area contributed by atoms with Gasteiger partial charge in [-0.3, -0.25) is 0 Å². The van der Waals surface area contributed by atoms with Crippen molar-refractivity contribution in [2.75, 3.05) is 33.7 Å². The first-order chi connectivity index (χ1) is 8.91. The standard InChI is InChI=1S/C15H31O3.BrH.Mg/c1-3-4-5-6-7-8-9-10-11-12-17-15-18-14-13-16-2;;/h1,3-15H2,2H3;1H;/q-1;;+2/p-1. The number of hydrogen-bond donors (Lipinski definition) is 0. The Labute approximate surface area is 152 Å². The van der Waals surface area contributed by atoms with Gasteiger partial charge in [0.15, 0.2) is 0 Å². The van der Waals surface area contributed by atoms with Gasteiger partial charge >= 0.3 is 23.1 Å². The number of rotatable bonds is 15. The van der Waals surface area contributed by atoms with Crippen LogP contribution >= 0.6 is 0 Å². The van der Waals surface area contributed by atoms with E-state index in [1.54, 1.807) is 7.11 Å². The Morgan fingerprint density at radius 1 is 0.700 bits per heavy atom. The fourth-order valence-electron chi connectivity index (χ4n) is 1.76. The van der Waals surface area contributed by atoms with E-state index in [0.717, 1.165) is 19.4 Å². The Balaban J connectivity index is -0.00000144. The average Bonchev–Trinajstić information content (AvgIpc) is 2.39. The molecule has 0 unspecified atom stereocenters. The van der Waals surface area contributed by atoms with Crippen LogP contribution in [0, 0.1) is 6.92 Å². The smallest absolute Gasteiger partial charge is 1.00 e. The minimum atomic E-state index is 0. The molecule has 20 heavy (non-hydrogen) atoms. The Morgan fingerprint density at radius 2 is 1.20 bits per heavy atom. The zero-order chi connectivity index (χ0) is 13.3. The van der Waals surface area contributed by atoms with E-state index in [1.807, 2.05) is 0 Å². The summed E-state index contributed by atoms with van der Waals surface area (Å²) < 4.78 is 15.4. The van der Waals surface area contributed by atoms with E-state index in [-0.39, 0.29) is 40.0 Å². The number of ether oxygens (including phenoxy) is 3. The number of halogens is 1. The van der Waals surface area contributed by atoms with Gasteiger partial charge in [0.2, 0.25) is 0 Å². The van der Waals surface area contributed by atoms with Gasteiger partial charge in [-0.25, -0.2) is 0 Å². The maximum atomic E-state index is 5.36. The summed E-state index contributed by atoms with van der Waals surface area (Å²) in [5.41, 5.74) is 0. The van der Waals surface area contributed by atoms with Crippen LogP contribution in [0.25, 0.3) is 0 Å². The molecule has 118 valence electrons. The predicted molar refractivity (Wildman–Crippen MR) is 81.3 cm³/mol. The van der Waals surface area contributed by atoms with Gasteiger partial charge in [-0.15, -0.1) is 0 Å². The molecule has 0 saturated carbocycles. The second-order valence-electron chi connectivity index (χ2n) is 4.61. The maximum Gasteiger partial charge on any atom is 2.00 e. The topological polar surface area (TPSA) is 27.7 Å². The van der Waals surface area contributed by atoms with Crippen molar-refractivity contribution in [1.29, 1.82) is 0 Å². The Morgan fingerprint density at radius 3 is 1.75 bits per heavy atom. The molecule has 0 aromatic rings. The molecule has 0 bridgehead atoms. The normalized spacial score (nSPS) is 9.90. The van der Waals surface area contributed by atoms with Gasteiger partial charge < -0.3 is 38.1 Å². The van der Waals surface area contributed by atoms with Crippen LogP contribution in [-0.4, -0.2) is 56.8 Å². The van der Waals surface area contributed by atoms with Gasteiger partial charge in [-0.05, 0) is 6.42 Å². The van der Waals surface area contributed by atoms with Crippen LogP contribution in [0.5, 0.6) is 0 Å². The summed E-state index contributed by atoms with van der Waals surface area (Å²) in [6.07, 6.45) is 11.6. The van der Waals surface area contributed by atoms with Gasteiger partial charge in [0.05, 0.1) is 13.2 Å². The van der Waals surface area contributed by atoms with Crippen LogP contribution < -0.4 is 17.0 Å². The Bertz CT molecular complexity index is 135. The third kappa shape index (κ3) is 24.2. The summed E-state index contributed by atoms with van der Waals surface area (Å²) in [6.45, 7) is 6.32. The molecule has 3 nitrogen and oxygen atoms in total. The summed E-state index contributed by atoms with van der Waals surface area (Å²) in [5, 5.41) is 0. The Kier molecular flexibility index (Phi) is 32.7. The van der Waals surface area contributed by atoms with E-state index in [2.05, 4.69) is 6.92 Å². The molecule has 5 heteroatoms. The third-order valence-electron chi connectivity index (χ3n) is 2.89. The SMILES string of the molecule is [Br-].[CH2-]CCCCCCCCCCOCOCCOC.[Mg+2]. The van der Waals surface area contributed by atoms with Crippen molar-refractivity contribution in [3.63, 3.8) is 0 Å². The third-order valence-corrected chi connectivity index (χ3v) is 2.89. The van der Waals surface area contributed by atoms with Crippen molar-refractivity contribution in [2.45, 2.75) is 57.8 Å². The fourth-order valence-corrected chi connectivity index (χ4v) is 1.76. The van der Waals surface area contributed by atoms with Gasteiger partial charge in [0, 0.05) is 13.7 Å². The fraction of sp³-hybridized carbons (Fsp3) is 0.933. The maximum absolute atomic E-state index is 5.36. The first-order valence-electron chi connectivity index (χ1n) is 7.35. The van der Waals surface area contributed by atoms with Gasteiger partial charge in [-0.1, -0.05) is 44.9 Å². The van der Waals surface area contributed by atoms with Crippen LogP contribution in [0.2, 0.25) is 0 Å². The van der Waals surface area contributed by atoms with E-state index in [1.165, 1.54) is 44.9 Å². The molecule has 0 N–H and O–H groups in total. The van der Waals surface area contributed by atoms with Gasteiger partial charge in [-0.2, -0.15) is 6.42 Å². The molecule has 0 radical (unpaired) electrons. The largest absolute Gasteiger partial charge is 2.00 e. The molecule has 0 amide bonds. The second kappa shape index (κ2) is 25.1. The summed E-state index contributed by atoms with van der Waals surface area (Å²) >= 11 is 0. The minimum Gasteiger partial charge on any atom is -1.00 e. The zero-order valence-corrected chi connectivity index (χ0v) is 16.2. The molecule has 0 heterocycles. The van der Waals surface area contributed by atoms with Crippen molar-refractivity contribution in [1.82, 2.24) is 0 Å². The van der Waals surface area contributed by atoms with Crippen LogP contribution in [0.4, 0.5) is 0 Å². The average molecular weight is 364 g/mol. The molecule has 0 aliphatic heterocycles. The van der Waals surface area contributed by atoms with E-state index in [4.69, 9.17) is 14.2 Å². The van der Waals surface area contributed by atoms with E-state index in [9.17, 15) is 0 Å². The van der Waals surface area contributed by atoms with Crippen molar-refractivity contribution in [3.8, 4) is 0 Å². The number of unbranched alkanes of at least 4 members (excludes halogenated alkanes) is 8. The zero-order valence-electron chi connectivity index (χ0n) is 13.2. The first-order valence-corrected chi connectivity index (χ1v) is 7.35. The monoisotopic (exact) mass is 362 g/mol. The van der Waals surface area contributed by atoms with Crippen LogP contribution in [0.1, 0.15) is 57.8 Å². The number of hydrogen-bond acceptors (Lipinski definition) is 3. The molecule has 0 aromatic heterocycles. The quantitative estimate of drug-likeness (QED) is 0.184. The van der Waals surface area contributed by atoms with E-state index < -0.39 is 0 Å². The molecule has 0 saturated heterocycles. The first kappa shape index (κ1) is 26.0. The molecule has 0 aliphatic rings. The van der Waals surface area contributed by atoms with Crippen molar-refractivity contribution < 1.29 is 31.2 Å². The minimum absolute atomic E-state index is 0. The summed E-state index contributed by atoms with van der Waals surface area (Å²) in [4.78, 5) is 0. The molecule has 0 aliphatic carbocycles. The van der Waals surface area contributed by atoms with Crippen LogP contribution in [-0.2, 0) is 14.2 Å². The van der Waals surface area contributed by atoms with Gasteiger partial charge in [0.1, 0.15) is 6.79 Å². The summed E-state index contributed by atoms with van der Waals surface area (Å²) in [7, 11) is 1.67. The molecular weight excluding hydrogens is 332 g/mol. The van der Waals surface area contributed by atoms with Crippen LogP contribution in [0.3, 0.4) is 0 Å². The van der Waals surface area contributed by atoms with Crippen molar-refractivity contribution >= 4 is 23.1 Å². The molecule has 0 rings (SSSR count).